The summed E-state index contributed by atoms with van der Waals surface area (Å²) in [6.45, 7) is 0. The van der Waals surface area contributed by atoms with Gasteiger partial charge in [-0.3, -0.25) is 0 Å². The molecule has 3 rings (SSSR count). The lowest BCUT2D eigenvalue weighted by atomic mass is 10.1. The Morgan fingerprint density at radius 3 is 2.73 bits per heavy atom. The van der Waals surface area contributed by atoms with Gasteiger partial charge in [-0.2, -0.15) is 0 Å². The summed E-state index contributed by atoms with van der Waals surface area (Å²) >= 11 is 0. The molecule has 3 aromatic rings. The van der Waals surface area contributed by atoms with Gasteiger partial charge in [0, 0.05) is 10.9 Å². The molecule has 2 aromatic heterocycles. The van der Waals surface area contributed by atoms with E-state index >= 15 is 0 Å². The van der Waals surface area contributed by atoms with Crippen LogP contribution in [0, 0.1) is 0 Å². The van der Waals surface area contributed by atoms with E-state index in [-0.39, 0.29) is 0 Å². The van der Waals surface area contributed by atoms with E-state index in [0.717, 1.165) is 16.5 Å². The average molecular weight is 197 g/mol. The molecule has 0 spiro atoms. The Morgan fingerprint density at radius 1 is 1.00 bits per heavy atom. The Kier molecular flexibility index (Phi) is 1.71. The summed E-state index contributed by atoms with van der Waals surface area (Å²) in [6, 6.07) is 7.75. The SMILES string of the molecule is c1ncnc(-c2ccc3occc3c2)n1. The van der Waals surface area contributed by atoms with Crippen LogP contribution < -0.4 is 0 Å². The highest BCUT2D eigenvalue weighted by molar-refractivity contribution is 5.81. The molecule has 0 aliphatic rings. The van der Waals surface area contributed by atoms with Gasteiger partial charge < -0.3 is 4.42 Å². The van der Waals surface area contributed by atoms with E-state index in [4.69, 9.17) is 4.42 Å². The van der Waals surface area contributed by atoms with Crippen LogP contribution >= 0.6 is 0 Å². The zero-order valence-corrected chi connectivity index (χ0v) is 7.79. The third kappa shape index (κ3) is 1.36. The van der Waals surface area contributed by atoms with Crippen LogP contribution in [0.2, 0.25) is 0 Å². The molecule has 4 nitrogen and oxygen atoms in total. The molecule has 15 heavy (non-hydrogen) atoms. The predicted molar refractivity (Wildman–Crippen MR) is 55.0 cm³/mol. The average Bonchev–Trinajstić information content (AvgIpc) is 2.77. The van der Waals surface area contributed by atoms with Crippen LogP contribution in [0.25, 0.3) is 22.4 Å². The Balaban J connectivity index is 2.19. The summed E-state index contributed by atoms with van der Waals surface area (Å²) in [6.07, 6.45) is 4.64. The largest absolute Gasteiger partial charge is 0.464 e. The Morgan fingerprint density at radius 2 is 1.87 bits per heavy atom. The second-order valence-electron chi connectivity index (χ2n) is 3.14. The van der Waals surface area contributed by atoms with Gasteiger partial charge in [0.05, 0.1) is 6.26 Å². The van der Waals surface area contributed by atoms with Crippen molar-refractivity contribution in [1.29, 1.82) is 0 Å². The highest BCUT2D eigenvalue weighted by Gasteiger charge is 2.02. The lowest BCUT2D eigenvalue weighted by molar-refractivity contribution is 0.616. The van der Waals surface area contributed by atoms with Gasteiger partial charge in [-0.05, 0) is 24.3 Å². The zero-order valence-electron chi connectivity index (χ0n) is 7.79. The first-order chi connectivity index (χ1) is 7.43. The number of hydrogen-bond acceptors (Lipinski definition) is 4. The molecule has 2 heterocycles. The molecule has 4 heteroatoms. The predicted octanol–water partition coefficient (Wildman–Crippen LogP) is 2.28. The van der Waals surface area contributed by atoms with Crippen LogP contribution in [0.5, 0.6) is 0 Å². The second-order valence-corrected chi connectivity index (χ2v) is 3.14. The maximum absolute atomic E-state index is 5.26. The van der Waals surface area contributed by atoms with Crippen LogP contribution in [0.15, 0.2) is 47.6 Å². The Labute approximate surface area is 85.6 Å². The molecule has 0 fully saturated rings. The summed E-state index contributed by atoms with van der Waals surface area (Å²) in [5.41, 5.74) is 1.83. The van der Waals surface area contributed by atoms with Crippen molar-refractivity contribution in [2.45, 2.75) is 0 Å². The van der Waals surface area contributed by atoms with Gasteiger partial charge in [-0.25, -0.2) is 15.0 Å². The van der Waals surface area contributed by atoms with Crippen molar-refractivity contribution in [3.63, 3.8) is 0 Å². The van der Waals surface area contributed by atoms with Crippen molar-refractivity contribution in [2.75, 3.05) is 0 Å². The number of benzene rings is 1. The van der Waals surface area contributed by atoms with Crippen molar-refractivity contribution in [3.8, 4) is 11.4 Å². The first-order valence-corrected chi connectivity index (χ1v) is 4.53. The monoisotopic (exact) mass is 197 g/mol. The van der Waals surface area contributed by atoms with Crippen molar-refractivity contribution < 1.29 is 4.42 Å². The van der Waals surface area contributed by atoms with Crippen LogP contribution in [0.1, 0.15) is 0 Å². The van der Waals surface area contributed by atoms with Crippen molar-refractivity contribution in [1.82, 2.24) is 15.0 Å². The molecule has 0 aliphatic carbocycles. The number of rotatable bonds is 1. The van der Waals surface area contributed by atoms with Gasteiger partial charge in [0.15, 0.2) is 5.82 Å². The summed E-state index contributed by atoms with van der Waals surface area (Å²) in [5.74, 6) is 0.674. The number of fused-ring (bicyclic) bond motifs is 1. The zero-order chi connectivity index (χ0) is 10.1. The van der Waals surface area contributed by atoms with E-state index in [0.29, 0.717) is 5.82 Å². The van der Waals surface area contributed by atoms with Crippen molar-refractivity contribution >= 4 is 11.0 Å². The smallest absolute Gasteiger partial charge is 0.162 e. The minimum absolute atomic E-state index is 0.674. The highest BCUT2D eigenvalue weighted by atomic mass is 16.3. The fourth-order valence-corrected chi connectivity index (χ4v) is 1.49. The topological polar surface area (TPSA) is 51.8 Å². The van der Waals surface area contributed by atoms with E-state index in [1.165, 1.54) is 12.7 Å². The molecular weight excluding hydrogens is 190 g/mol. The third-order valence-corrected chi connectivity index (χ3v) is 2.20. The number of aromatic nitrogens is 3. The van der Waals surface area contributed by atoms with Gasteiger partial charge in [-0.1, -0.05) is 0 Å². The molecule has 0 amide bonds. The molecule has 72 valence electrons. The highest BCUT2D eigenvalue weighted by Crippen LogP contribution is 2.21. The third-order valence-electron chi connectivity index (χ3n) is 2.20. The maximum atomic E-state index is 5.26. The van der Waals surface area contributed by atoms with Crippen LogP contribution in [0.4, 0.5) is 0 Å². The minimum atomic E-state index is 0.674. The Hall–Kier alpha value is -2.23. The quantitative estimate of drug-likeness (QED) is 0.600. The number of hydrogen-bond donors (Lipinski definition) is 0. The molecule has 0 saturated heterocycles. The molecule has 0 saturated carbocycles. The van der Waals surface area contributed by atoms with Crippen molar-refractivity contribution in [3.05, 3.63) is 43.2 Å². The molecule has 0 bridgehead atoms. The van der Waals surface area contributed by atoms with Crippen LogP contribution in [-0.2, 0) is 0 Å². The standard InChI is InChI=1S/C11H7N3O/c1-2-10-8(3-4-15-10)5-9(1)11-13-6-12-7-14-11/h1-7H. The second kappa shape index (κ2) is 3.16. The van der Waals surface area contributed by atoms with Crippen molar-refractivity contribution in [2.24, 2.45) is 0 Å². The van der Waals surface area contributed by atoms with E-state index in [9.17, 15) is 0 Å². The van der Waals surface area contributed by atoms with E-state index < -0.39 is 0 Å². The molecular formula is C11H7N3O. The van der Waals surface area contributed by atoms with E-state index in [2.05, 4.69) is 15.0 Å². The van der Waals surface area contributed by atoms with Gasteiger partial charge in [0.2, 0.25) is 0 Å². The summed E-state index contributed by atoms with van der Waals surface area (Å²) in [4.78, 5) is 12.0. The fourth-order valence-electron chi connectivity index (χ4n) is 1.49. The number of furan rings is 1. The van der Waals surface area contributed by atoms with E-state index in [1.807, 2.05) is 24.3 Å². The minimum Gasteiger partial charge on any atom is -0.464 e. The molecule has 0 aliphatic heterocycles. The van der Waals surface area contributed by atoms with E-state index in [1.54, 1.807) is 6.26 Å². The number of nitrogens with zero attached hydrogens (tertiary/aromatic N) is 3. The first-order valence-electron chi connectivity index (χ1n) is 4.53. The van der Waals surface area contributed by atoms with Gasteiger partial charge in [-0.15, -0.1) is 0 Å². The van der Waals surface area contributed by atoms with Crippen LogP contribution in [0.3, 0.4) is 0 Å². The summed E-state index contributed by atoms with van der Waals surface area (Å²) in [7, 11) is 0. The van der Waals surface area contributed by atoms with Gasteiger partial charge in [0.25, 0.3) is 0 Å². The summed E-state index contributed by atoms with van der Waals surface area (Å²) in [5, 5.41) is 1.05. The van der Waals surface area contributed by atoms with Crippen LogP contribution in [-0.4, -0.2) is 15.0 Å². The summed E-state index contributed by atoms with van der Waals surface area (Å²) < 4.78 is 5.26. The Bertz CT molecular complexity index is 589. The molecule has 0 unspecified atom stereocenters. The molecule has 1 aromatic carbocycles. The fraction of sp³-hybridized carbons (Fsp3) is 0. The van der Waals surface area contributed by atoms with Gasteiger partial charge in [0.1, 0.15) is 18.2 Å². The maximum Gasteiger partial charge on any atom is 0.162 e. The lowest BCUT2D eigenvalue weighted by Crippen LogP contribution is -1.88. The van der Waals surface area contributed by atoms with Gasteiger partial charge >= 0.3 is 0 Å². The molecule has 0 atom stereocenters. The molecule has 0 N–H and O–H groups in total. The first kappa shape index (κ1) is 8.11. The molecule has 0 radical (unpaired) electrons. The lowest BCUT2D eigenvalue weighted by Gasteiger charge is -1.97. The normalized spacial score (nSPS) is 10.7.